The van der Waals surface area contributed by atoms with Crippen molar-refractivity contribution in [3.8, 4) is 0 Å². The lowest BCUT2D eigenvalue weighted by Gasteiger charge is -2.34. The van der Waals surface area contributed by atoms with Crippen LogP contribution >= 0.6 is 0 Å². The van der Waals surface area contributed by atoms with Crippen LogP contribution < -0.4 is 5.32 Å². The van der Waals surface area contributed by atoms with Crippen LogP contribution in [0.2, 0.25) is 0 Å². The van der Waals surface area contributed by atoms with Crippen LogP contribution in [-0.4, -0.2) is 42.6 Å². The summed E-state index contributed by atoms with van der Waals surface area (Å²) in [6.45, 7) is 2.53. The summed E-state index contributed by atoms with van der Waals surface area (Å²) in [6, 6.07) is 13.4. The molecule has 3 rings (SSSR count). The van der Waals surface area contributed by atoms with Crippen LogP contribution in [0.15, 0.2) is 48.5 Å². The van der Waals surface area contributed by atoms with Crippen molar-refractivity contribution in [1.29, 1.82) is 0 Å². The van der Waals surface area contributed by atoms with Gasteiger partial charge in [0.15, 0.2) is 0 Å². The van der Waals surface area contributed by atoms with Gasteiger partial charge in [0.1, 0.15) is 5.82 Å². The summed E-state index contributed by atoms with van der Waals surface area (Å²) in [5, 5.41) is 2.43. The number of nitrogens with one attached hydrogen (secondary N) is 1. The zero-order chi connectivity index (χ0) is 19.4. The second-order valence-electron chi connectivity index (χ2n) is 6.55. The molecule has 8 heteroatoms. The van der Waals surface area contributed by atoms with Gasteiger partial charge in [-0.05, 0) is 31.0 Å². The van der Waals surface area contributed by atoms with E-state index in [0.717, 1.165) is 15.4 Å². The topological polar surface area (TPSA) is 69.7 Å². The molecule has 0 saturated carbocycles. The molecule has 1 amide bonds. The SMILES string of the molecule is Cc1cccc(CN2CCCN(CC(=O)Nc3ccccc3F)S2(=O)=O)c1. The third-order valence-electron chi connectivity index (χ3n) is 4.38. The number of hydrogen-bond acceptors (Lipinski definition) is 3. The largest absolute Gasteiger partial charge is 0.322 e. The highest BCUT2D eigenvalue weighted by Gasteiger charge is 2.34. The Morgan fingerprint density at radius 2 is 1.85 bits per heavy atom. The summed E-state index contributed by atoms with van der Waals surface area (Å²) >= 11 is 0. The summed E-state index contributed by atoms with van der Waals surface area (Å²) in [4.78, 5) is 12.2. The Morgan fingerprint density at radius 1 is 1.11 bits per heavy atom. The first-order valence-corrected chi connectivity index (χ1v) is 10.1. The lowest BCUT2D eigenvalue weighted by Crippen LogP contribution is -2.51. The predicted molar refractivity (Wildman–Crippen MR) is 102 cm³/mol. The number of carbonyl (C=O) groups is 1. The van der Waals surface area contributed by atoms with Crippen molar-refractivity contribution >= 4 is 21.8 Å². The fourth-order valence-corrected chi connectivity index (χ4v) is 4.70. The van der Waals surface area contributed by atoms with Crippen molar-refractivity contribution in [2.75, 3.05) is 25.0 Å². The van der Waals surface area contributed by atoms with Crippen molar-refractivity contribution in [2.24, 2.45) is 0 Å². The smallest absolute Gasteiger partial charge is 0.282 e. The molecule has 144 valence electrons. The fraction of sp³-hybridized carbons (Fsp3) is 0.316. The molecule has 1 N–H and O–H groups in total. The Morgan fingerprint density at radius 3 is 2.59 bits per heavy atom. The van der Waals surface area contributed by atoms with E-state index >= 15 is 0 Å². The summed E-state index contributed by atoms with van der Waals surface area (Å²) in [5.74, 6) is -1.13. The van der Waals surface area contributed by atoms with Gasteiger partial charge in [-0.1, -0.05) is 42.0 Å². The molecule has 2 aromatic carbocycles. The maximum atomic E-state index is 13.7. The standard InChI is InChI=1S/C19H22FN3O3S/c1-15-6-4-7-16(12-15)13-22-10-5-11-23(27(22,25)26)14-19(24)21-18-9-3-2-8-17(18)20/h2-4,6-9,12H,5,10-11,13-14H2,1H3,(H,21,24). The number of amides is 1. The van der Waals surface area contributed by atoms with Gasteiger partial charge >= 0.3 is 0 Å². The minimum atomic E-state index is -3.76. The van der Waals surface area contributed by atoms with Gasteiger partial charge in [0, 0.05) is 19.6 Å². The van der Waals surface area contributed by atoms with Gasteiger partial charge in [0.05, 0.1) is 12.2 Å². The average Bonchev–Trinajstić information content (AvgIpc) is 2.61. The Labute approximate surface area is 158 Å². The van der Waals surface area contributed by atoms with E-state index in [4.69, 9.17) is 0 Å². The molecule has 1 aliphatic heterocycles. The van der Waals surface area contributed by atoms with Crippen molar-refractivity contribution in [3.05, 3.63) is 65.5 Å². The lowest BCUT2D eigenvalue weighted by molar-refractivity contribution is -0.116. The van der Waals surface area contributed by atoms with Crippen LogP contribution in [0.3, 0.4) is 0 Å². The molecule has 0 aromatic heterocycles. The van der Waals surface area contributed by atoms with Gasteiger partial charge < -0.3 is 5.32 Å². The maximum Gasteiger partial charge on any atom is 0.282 e. The number of anilines is 1. The lowest BCUT2D eigenvalue weighted by atomic mass is 10.1. The summed E-state index contributed by atoms with van der Waals surface area (Å²) < 4.78 is 41.9. The first-order chi connectivity index (χ1) is 12.9. The van der Waals surface area contributed by atoms with E-state index in [9.17, 15) is 17.6 Å². The van der Waals surface area contributed by atoms with Crippen LogP contribution in [0.4, 0.5) is 10.1 Å². The molecule has 0 unspecified atom stereocenters. The Bertz CT molecular complexity index is 933. The van der Waals surface area contributed by atoms with E-state index in [0.29, 0.717) is 13.0 Å². The number of rotatable bonds is 5. The third-order valence-corrected chi connectivity index (χ3v) is 6.31. The van der Waals surface area contributed by atoms with Gasteiger partial charge in [-0.25, -0.2) is 4.39 Å². The molecule has 1 fully saturated rings. The highest BCUT2D eigenvalue weighted by molar-refractivity contribution is 7.86. The van der Waals surface area contributed by atoms with Crippen LogP contribution in [0.1, 0.15) is 17.5 Å². The number of para-hydroxylation sites is 1. The van der Waals surface area contributed by atoms with Crippen LogP contribution in [0.25, 0.3) is 0 Å². The van der Waals surface area contributed by atoms with Gasteiger partial charge in [-0.2, -0.15) is 17.0 Å². The van der Waals surface area contributed by atoms with Gasteiger partial charge in [-0.3, -0.25) is 4.79 Å². The molecule has 0 spiro atoms. The van der Waals surface area contributed by atoms with Crippen LogP contribution in [0, 0.1) is 12.7 Å². The van der Waals surface area contributed by atoms with E-state index in [1.54, 1.807) is 6.07 Å². The van der Waals surface area contributed by atoms with Crippen molar-refractivity contribution in [1.82, 2.24) is 8.61 Å². The zero-order valence-electron chi connectivity index (χ0n) is 15.1. The van der Waals surface area contributed by atoms with Crippen molar-refractivity contribution in [2.45, 2.75) is 19.9 Å². The second-order valence-corrected chi connectivity index (χ2v) is 8.47. The predicted octanol–water partition coefficient (Wildman–Crippen LogP) is 2.53. The van der Waals surface area contributed by atoms with Crippen molar-refractivity contribution < 1.29 is 17.6 Å². The number of nitrogens with zero attached hydrogens (tertiary/aromatic N) is 2. The zero-order valence-corrected chi connectivity index (χ0v) is 15.9. The molecule has 1 aliphatic rings. The normalized spacial score (nSPS) is 17.6. The van der Waals surface area contributed by atoms with Gasteiger partial charge in [0.25, 0.3) is 10.2 Å². The molecule has 0 radical (unpaired) electrons. The molecule has 6 nitrogen and oxygen atoms in total. The maximum absolute atomic E-state index is 13.7. The quantitative estimate of drug-likeness (QED) is 0.852. The van der Waals surface area contributed by atoms with E-state index < -0.39 is 21.9 Å². The van der Waals surface area contributed by atoms with Crippen molar-refractivity contribution in [3.63, 3.8) is 0 Å². The number of hydrogen-bond donors (Lipinski definition) is 1. The van der Waals surface area contributed by atoms with E-state index in [1.807, 2.05) is 31.2 Å². The molecule has 1 heterocycles. The second kappa shape index (κ2) is 8.16. The monoisotopic (exact) mass is 391 g/mol. The fourth-order valence-electron chi connectivity index (χ4n) is 3.07. The molecule has 2 aromatic rings. The van der Waals surface area contributed by atoms with E-state index in [2.05, 4.69) is 5.32 Å². The van der Waals surface area contributed by atoms with Crippen LogP contribution in [0.5, 0.6) is 0 Å². The molecule has 0 atom stereocenters. The van der Waals surface area contributed by atoms with E-state index in [1.165, 1.54) is 22.5 Å². The number of aryl methyl sites for hydroxylation is 1. The summed E-state index contributed by atoms with van der Waals surface area (Å²) in [6.07, 6.45) is 0.623. The van der Waals surface area contributed by atoms with Gasteiger partial charge in [0.2, 0.25) is 5.91 Å². The average molecular weight is 391 g/mol. The Balaban J connectivity index is 1.68. The Kier molecular flexibility index (Phi) is 5.88. The van der Waals surface area contributed by atoms with Crippen LogP contribution in [-0.2, 0) is 21.5 Å². The number of halogens is 1. The summed E-state index contributed by atoms with van der Waals surface area (Å²) in [5.41, 5.74) is 1.99. The minimum Gasteiger partial charge on any atom is -0.322 e. The molecular formula is C19H22FN3O3S. The number of carbonyl (C=O) groups excluding carboxylic acids is 1. The first-order valence-electron chi connectivity index (χ1n) is 8.71. The third kappa shape index (κ3) is 4.71. The number of benzene rings is 2. The summed E-state index contributed by atoms with van der Waals surface area (Å²) in [7, 11) is -3.76. The van der Waals surface area contributed by atoms with E-state index in [-0.39, 0.29) is 25.3 Å². The molecule has 1 saturated heterocycles. The Hall–Kier alpha value is -2.29. The highest BCUT2D eigenvalue weighted by atomic mass is 32.2. The molecule has 0 bridgehead atoms. The molecule has 27 heavy (non-hydrogen) atoms. The minimum absolute atomic E-state index is 0.0357. The highest BCUT2D eigenvalue weighted by Crippen LogP contribution is 2.20. The molecule has 0 aliphatic carbocycles. The van der Waals surface area contributed by atoms with Gasteiger partial charge in [-0.15, -0.1) is 0 Å². The first kappa shape index (κ1) is 19.5. The molecular weight excluding hydrogens is 369 g/mol.